The van der Waals surface area contributed by atoms with Crippen molar-refractivity contribution in [3.05, 3.63) is 71.5 Å². The molecular weight excluding hydrogens is 245 g/mol. The van der Waals surface area contributed by atoms with Crippen LogP contribution in [0, 0.1) is 17.1 Å². The number of carbonyl (C=O) groups excluding carboxylic acids is 1. The van der Waals surface area contributed by atoms with Crippen LogP contribution in [0.25, 0.3) is 0 Å². The molecule has 0 saturated carbocycles. The lowest BCUT2D eigenvalue weighted by molar-refractivity contribution is 0.0404. The topological polar surface area (TPSA) is 50.1 Å². The third-order valence-electron chi connectivity index (χ3n) is 2.52. The molecule has 1 atom stereocenters. The van der Waals surface area contributed by atoms with Crippen LogP contribution < -0.4 is 0 Å². The maximum absolute atomic E-state index is 12.7. The highest BCUT2D eigenvalue weighted by Gasteiger charge is 2.17. The molecule has 0 spiro atoms. The molecule has 2 aromatic rings. The summed E-state index contributed by atoms with van der Waals surface area (Å²) in [6.45, 7) is 0. The fraction of sp³-hybridized carbons (Fsp3) is 0.0667. The molecule has 0 saturated heterocycles. The number of nitrogens with zero attached hydrogens (tertiary/aromatic N) is 1. The molecule has 0 amide bonds. The van der Waals surface area contributed by atoms with Crippen LogP contribution in [0.5, 0.6) is 0 Å². The van der Waals surface area contributed by atoms with Crippen molar-refractivity contribution in [2.24, 2.45) is 0 Å². The number of benzene rings is 2. The number of nitriles is 1. The summed E-state index contributed by atoms with van der Waals surface area (Å²) in [7, 11) is 0. The van der Waals surface area contributed by atoms with E-state index in [4.69, 9.17) is 10.00 Å². The lowest BCUT2D eigenvalue weighted by Crippen LogP contribution is -2.10. The number of hydrogen-bond donors (Lipinski definition) is 0. The smallest absolute Gasteiger partial charge is 0.339 e. The number of ether oxygens (including phenoxy) is 1. The molecule has 0 heterocycles. The van der Waals surface area contributed by atoms with Gasteiger partial charge in [0.25, 0.3) is 0 Å². The first-order valence-corrected chi connectivity index (χ1v) is 5.62. The largest absolute Gasteiger partial charge is 0.438 e. The van der Waals surface area contributed by atoms with Crippen molar-refractivity contribution in [2.45, 2.75) is 6.10 Å². The molecule has 0 aliphatic rings. The molecule has 2 aromatic carbocycles. The van der Waals surface area contributed by atoms with Crippen molar-refractivity contribution in [1.82, 2.24) is 0 Å². The second-order valence-corrected chi connectivity index (χ2v) is 3.83. The fourth-order valence-electron chi connectivity index (χ4n) is 1.56. The van der Waals surface area contributed by atoms with Gasteiger partial charge < -0.3 is 4.74 Å². The van der Waals surface area contributed by atoms with Crippen LogP contribution >= 0.6 is 0 Å². The van der Waals surface area contributed by atoms with Gasteiger partial charge in [-0.1, -0.05) is 30.3 Å². The van der Waals surface area contributed by atoms with E-state index in [1.807, 2.05) is 6.07 Å². The minimum Gasteiger partial charge on any atom is -0.438 e. The molecule has 4 heteroatoms. The van der Waals surface area contributed by atoms with Crippen LogP contribution in [0.1, 0.15) is 22.0 Å². The molecule has 2 rings (SSSR count). The van der Waals surface area contributed by atoms with E-state index in [0.29, 0.717) is 5.56 Å². The van der Waals surface area contributed by atoms with Crippen LogP contribution in [0.2, 0.25) is 0 Å². The molecule has 0 aliphatic carbocycles. The van der Waals surface area contributed by atoms with E-state index in [1.165, 1.54) is 24.3 Å². The van der Waals surface area contributed by atoms with Gasteiger partial charge in [0.15, 0.2) is 0 Å². The fourth-order valence-corrected chi connectivity index (χ4v) is 1.56. The van der Waals surface area contributed by atoms with Crippen molar-refractivity contribution in [3.8, 4) is 6.07 Å². The summed E-state index contributed by atoms with van der Waals surface area (Å²) in [4.78, 5) is 11.8. The molecule has 0 N–H and O–H groups in total. The van der Waals surface area contributed by atoms with E-state index in [2.05, 4.69) is 0 Å². The Balaban J connectivity index is 2.13. The van der Waals surface area contributed by atoms with Crippen LogP contribution in [-0.2, 0) is 4.74 Å². The molecule has 0 aliphatic heterocycles. The second kappa shape index (κ2) is 5.78. The highest BCUT2D eigenvalue weighted by Crippen LogP contribution is 2.18. The molecule has 1 unspecified atom stereocenters. The Labute approximate surface area is 109 Å². The van der Waals surface area contributed by atoms with Gasteiger partial charge in [-0.05, 0) is 24.3 Å². The first kappa shape index (κ1) is 12.8. The Morgan fingerprint density at radius 2 is 1.74 bits per heavy atom. The lowest BCUT2D eigenvalue weighted by Gasteiger charge is -2.11. The minimum atomic E-state index is -0.973. The third kappa shape index (κ3) is 3.17. The van der Waals surface area contributed by atoms with Crippen LogP contribution in [0.4, 0.5) is 4.39 Å². The van der Waals surface area contributed by atoms with E-state index < -0.39 is 17.9 Å². The first-order valence-electron chi connectivity index (χ1n) is 5.62. The average Bonchev–Trinajstić information content (AvgIpc) is 2.46. The standard InChI is InChI=1S/C15H10FNO2/c16-13-8-6-12(7-9-13)15(18)19-14(10-17)11-4-2-1-3-5-11/h1-9,14H. The Morgan fingerprint density at radius 3 is 2.32 bits per heavy atom. The van der Waals surface area contributed by atoms with Gasteiger partial charge in [-0.2, -0.15) is 5.26 Å². The summed E-state index contributed by atoms with van der Waals surface area (Å²) < 4.78 is 17.8. The van der Waals surface area contributed by atoms with Gasteiger partial charge in [-0.25, -0.2) is 9.18 Å². The summed E-state index contributed by atoms with van der Waals surface area (Å²) in [5.74, 6) is -1.09. The van der Waals surface area contributed by atoms with E-state index in [0.717, 1.165) is 0 Å². The van der Waals surface area contributed by atoms with E-state index >= 15 is 0 Å². The highest BCUT2D eigenvalue weighted by atomic mass is 19.1. The monoisotopic (exact) mass is 255 g/mol. The predicted octanol–water partition coefficient (Wildman–Crippen LogP) is 3.25. The van der Waals surface area contributed by atoms with Gasteiger partial charge in [0, 0.05) is 5.56 Å². The Hall–Kier alpha value is -2.67. The Kier molecular flexibility index (Phi) is 3.89. The number of esters is 1. The highest BCUT2D eigenvalue weighted by molar-refractivity contribution is 5.89. The zero-order chi connectivity index (χ0) is 13.7. The van der Waals surface area contributed by atoms with Crippen molar-refractivity contribution in [3.63, 3.8) is 0 Å². The first-order chi connectivity index (χ1) is 9.20. The number of hydrogen-bond acceptors (Lipinski definition) is 3. The summed E-state index contributed by atoms with van der Waals surface area (Å²) in [5.41, 5.74) is 0.804. The van der Waals surface area contributed by atoms with Crippen molar-refractivity contribution in [2.75, 3.05) is 0 Å². The van der Waals surface area contributed by atoms with E-state index in [-0.39, 0.29) is 5.56 Å². The molecular formula is C15H10FNO2. The third-order valence-corrected chi connectivity index (χ3v) is 2.52. The summed E-state index contributed by atoms with van der Waals surface area (Å²) in [6, 6.07) is 15.6. The normalized spacial score (nSPS) is 11.4. The van der Waals surface area contributed by atoms with Gasteiger partial charge >= 0.3 is 5.97 Å². The summed E-state index contributed by atoms with van der Waals surface area (Å²) in [5, 5.41) is 9.03. The van der Waals surface area contributed by atoms with Crippen molar-refractivity contribution >= 4 is 5.97 Å². The zero-order valence-electron chi connectivity index (χ0n) is 9.92. The van der Waals surface area contributed by atoms with Crippen LogP contribution in [0.15, 0.2) is 54.6 Å². The number of carbonyl (C=O) groups is 1. The number of halogens is 1. The summed E-state index contributed by atoms with van der Waals surface area (Å²) in [6.07, 6.45) is -0.973. The quantitative estimate of drug-likeness (QED) is 0.791. The van der Waals surface area contributed by atoms with Gasteiger partial charge in [-0.15, -0.1) is 0 Å². The van der Waals surface area contributed by atoms with E-state index in [1.54, 1.807) is 30.3 Å². The Bertz CT molecular complexity index is 602. The van der Waals surface area contributed by atoms with Crippen molar-refractivity contribution < 1.29 is 13.9 Å². The Morgan fingerprint density at radius 1 is 1.11 bits per heavy atom. The zero-order valence-corrected chi connectivity index (χ0v) is 9.92. The molecule has 94 valence electrons. The predicted molar refractivity (Wildman–Crippen MR) is 66.6 cm³/mol. The second-order valence-electron chi connectivity index (χ2n) is 3.83. The maximum atomic E-state index is 12.7. The molecule has 0 radical (unpaired) electrons. The SMILES string of the molecule is N#CC(OC(=O)c1ccc(F)cc1)c1ccccc1. The minimum absolute atomic E-state index is 0.206. The molecule has 3 nitrogen and oxygen atoms in total. The van der Waals surface area contributed by atoms with Gasteiger partial charge in [0.2, 0.25) is 6.10 Å². The molecule has 19 heavy (non-hydrogen) atoms. The van der Waals surface area contributed by atoms with E-state index in [9.17, 15) is 9.18 Å². The van der Waals surface area contributed by atoms with Gasteiger partial charge in [-0.3, -0.25) is 0 Å². The average molecular weight is 255 g/mol. The van der Waals surface area contributed by atoms with Crippen molar-refractivity contribution in [1.29, 1.82) is 5.26 Å². The van der Waals surface area contributed by atoms with Crippen LogP contribution in [0.3, 0.4) is 0 Å². The molecule has 0 fully saturated rings. The maximum Gasteiger partial charge on any atom is 0.339 e. The molecule has 0 aromatic heterocycles. The summed E-state index contributed by atoms with van der Waals surface area (Å²) >= 11 is 0. The van der Waals surface area contributed by atoms with Gasteiger partial charge in [0.1, 0.15) is 11.9 Å². The number of rotatable bonds is 3. The molecule has 0 bridgehead atoms. The lowest BCUT2D eigenvalue weighted by atomic mass is 10.1. The van der Waals surface area contributed by atoms with Gasteiger partial charge in [0.05, 0.1) is 5.56 Å². The van der Waals surface area contributed by atoms with Crippen LogP contribution in [-0.4, -0.2) is 5.97 Å².